The van der Waals surface area contributed by atoms with Crippen LogP contribution in [0, 0.1) is 18.3 Å². The van der Waals surface area contributed by atoms with Crippen molar-refractivity contribution in [2.45, 2.75) is 18.4 Å². The van der Waals surface area contributed by atoms with Crippen LogP contribution >= 0.6 is 11.8 Å². The molecule has 0 saturated carbocycles. The molecule has 0 aliphatic rings. The normalized spacial score (nSPS) is 10.4. The molecule has 1 N–H and O–H groups in total. The van der Waals surface area contributed by atoms with Crippen molar-refractivity contribution in [1.82, 2.24) is 9.97 Å². The smallest absolute Gasteiger partial charge is 0.226 e. The Morgan fingerprint density at radius 1 is 1.03 bits per heavy atom. The molecule has 1 amide bonds. The first-order valence-corrected chi connectivity index (χ1v) is 12.6. The van der Waals surface area contributed by atoms with Gasteiger partial charge in [-0.2, -0.15) is 5.26 Å². The number of thioether (sulfide) groups is 1. The highest BCUT2D eigenvalue weighted by Crippen LogP contribution is 2.40. The molecule has 0 radical (unpaired) electrons. The highest BCUT2D eigenvalue weighted by molar-refractivity contribution is 7.99. The van der Waals surface area contributed by atoms with Crippen LogP contribution in [-0.2, 0) is 4.79 Å². The number of aromatic nitrogens is 2. The molecule has 2 heterocycles. The number of rotatable bonds is 9. The summed E-state index contributed by atoms with van der Waals surface area (Å²) in [6, 6.07) is 23.1. The summed E-state index contributed by atoms with van der Waals surface area (Å²) < 4.78 is 11.0. The molecule has 4 rings (SSSR count). The lowest BCUT2D eigenvalue weighted by molar-refractivity contribution is -0.115. The zero-order chi connectivity index (χ0) is 26.2. The second kappa shape index (κ2) is 12.1. The molecule has 186 valence electrons. The minimum atomic E-state index is -0.156. The van der Waals surface area contributed by atoms with E-state index in [9.17, 15) is 10.1 Å². The molecule has 0 fully saturated rings. The highest BCUT2D eigenvalue weighted by Gasteiger charge is 2.19. The van der Waals surface area contributed by atoms with Gasteiger partial charge in [0, 0.05) is 35.1 Å². The molecule has 4 aromatic rings. The van der Waals surface area contributed by atoms with E-state index in [2.05, 4.69) is 16.4 Å². The van der Waals surface area contributed by atoms with Gasteiger partial charge in [0.25, 0.3) is 0 Å². The van der Waals surface area contributed by atoms with E-state index in [-0.39, 0.29) is 12.3 Å². The Balaban J connectivity index is 1.67. The fourth-order valence-corrected chi connectivity index (χ4v) is 4.66. The van der Waals surface area contributed by atoms with Gasteiger partial charge in [0.1, 0.15) is 28.4 Å². The number of nitrogens with one attached hydrogen (secondary N) is 1. The zero-order valence-electron chi connectivity index (χ0n) is 20.8. The number of pyridine rings is 2. The maximum atomic E-state index is 12.5. The Hall–Kier alpha value is -4.35. The van der Waals surface area contributed by atoms with Gasteiger partial charge in [-0.25, -0.2) is 9.97 Å². The summed E-state index contributed by atoms with van der Waals surface area (Å²) >= 11 is 1.37. The van der Waals surface area contributed by atoms with E-state index in [0.29, 0.717) is 39.2 Å². The number of aryl methyl sites for hydroxylation is 1. The number of ether oxygens (including phenoxy) is 2. The lowest BCUT2D eigenvalue weighted by atomic mass is 9.98. The van der Waals surface area contributed by atoms with E-state index in [1.54, 1.807) is 26.5 Å². The first-order chi connectivity index (χ1) is 18.0. The Morgan fingerprint density at radius 3 is 2.51 bits per heavy atom. The van der Waals surface area contributed by atoms with E-state index >= 15 is 0 Å². The quantitative estimate of drug-likeness (QED) is 0.271. The first kappa shape index (κ1) is 25.7. The Kier molecular flexibility index (Phi) is 8.39. The molecule has 8 heteroatoms. The number of carbonyl (C=O) groups excluding carboxylic acids is 1. The third kappa shape index (κ3) is 6.26. The van der Waals surface area contributed by atoms with Crippen LogP contribution in [0.4, 0.5) is 5.82 Å². The minimum Gasteiger partial charge on any atom is -0.497 e. The molecule has 7 nitrogen and oxygen atoms in total. The molecule has 2 aromatic carbocycles. The van der Waals surface area contributed by atoms with Gasteiger partial charge in [-0.1, -0.05) is 36.4 Å². The van der Waals surface area contributed by atoms with Crippen molar-refractivity contribution in [2.75, 3.05) is 25.3 Å². The lowest BCUT2D eigenvalue weighted by Gasteiger charge is -2.15. The van der Waals surface area contributed by atoms with Crippen LogP contribution in [-0.4, -0.2) is 35.8 Å². The number of anilines is 1. The van der Waals surface area contributed by atoms with Gasteiger partial charge >= 0.3 is 0 Å². The third-order valence-corrected chi connectivity index (χ3v) is 6.59. The number of carbonyl (C=O) groups is 1. The molecule has 0 bridgehead atoms. The van der Waals surface area contributed by atoms with Crippen LogP contribution in [0.3, 0.4) is 0 Å². The number of amides is 1. The van der Waals surface area contributed by atoms with Crippen molar-refractivity contribution in [2.24, 2.45) is 0 Å². The van der Waals surface area contributed by atoms with Crippen LogP contribution < -0.4 is 14.8 Å². The molecule has 0 aliphatic heterocycles. The molecular formula is C29H26N4O3S. The van der Waals surface area contributed by atoms with Crippen LogP contribution in [0.25, 0.3) is 22.4 Å². The summed E-state index contributed by atoms with van der Waals surface area (Å²) in [6.07, 6.45) is 1.94. The summed E-state index contributed by atoms with van der Waals surface area (Å²) in [7, 11) is 3.19. The van der Waals surface area contributed by atoms with Crippen molar-refractivity contribution < 1.29 is 14.3 Å². The van der Waals surface area contributed by atoms with E-state index in [0.717, 1.165) is 22.4 Å². The van der Waals surface area contributed by atoms with Gasteiger partial charge < -0.3 is 14.8 Å². The van der Waals surface area contributed by atoms with E-state index in [4.69, 9.17) is 14.5 Å². The predicted molar refractivity (Wildman–Crippen MR) is 146 cm³/mol. The summed E-state index contributed by atoms with van der Waals surface area (Å²) in [5.41, 5.74) is 4.48. The molecule has 0 saturated heterocycles. The number of nitriles is 1. The van der Waals surface area contributed by atoms with Gasteiger partial charge in [-0.05, 0) is 42.8 Å². The fraction of sp³-hybridized carbons (Fsp3) is 0.172. The maximum absolute atomic E-state index is 12.5. The van der Waals surface area contributed by atoms with Crippen molar-refractivity contribution in [3.05, 3.63) is 84.1 Å². The van der Waals surface area contributed by atoms with Crippen molar-refractivity contribution in [3.8, 4) is 40.0 Å². The topological polar surface area (TPSA) is 97.1 Å². The molecule has 0 spiro atoms. The third-order valence-electron chi connectivity index (χ3n) is 5.61. The SMILES string of the molecule is COc1ccc(OC)c(-c2cc(-c3ccccc3)nc(SCCC(=O)Nc3ccc(C)cn3)c2C#N)c1. The molecule has 0 atom stereocenters. The first-order valence-electron chi connectivity index (χ1n) is 11.6. The van der Waals surface area contributed by atoms with Gasteiger partial charge in [-0.3, -0.25) is 4.79 Å². The van der Waals surface area contributed by atoms with Gasteiger partial charge in [-0.15, -0.1) is 11.8 Å². The number of methoxy groups -OCH3 is 2. The predicted octanol–water partition coefficient (Wildman–Crippen LogP) is 6.13. The number of hydrogen-bond acceptors (Lipinski definition) is 7. The molecular weight excluding hydrogens is 484 g/mol. The Morgan fingerprint density at radius 2 is 1.84 bits per heavy atom. The summed E-state index contributed by atoms with van der Waals surface area (Å²) in [4.78, 5) is 21.5. The van der Waals surface area contributed by atoms with E-state index < -0.39 is 0 Å². The largest absolute Gasteiger partial charge is 0.497 e. The molecule has 2 aromatic heterocycles. The van der Waals surface area contributed by atoms with Gasteiger partial charge in [0.2, 0.25) is 5.91 Å². The minimum absolute atomic E-state index is 0.156. The monoisotopic (exact) mass is 510 g/mol. The van der Waals surface area contributed by atoms with Crippen LogP contribution in [0.5, 0.6) is 11.5 Å². The van der Waals surface area contributed by atoms with E-state index in [1.165, 1.54) is 11.8 Å². The highest BCUT2D eigenvalue weighted by atomic mass is 32.2. The van der Waals surface area contributed by atoms with Gasteiger partial charge in [0.05, 0.1) is 25.5 Å². The number of hydrogen-bond donors (Lipinski definition) is 1. The standard InChI is InChI=1S/C29H26N4O3S/c1-19-9-12-27(31-18-19)33-28(34)13-14-37-29-24(17-30)22(16-25(32-29)20-7-5-4-6-8-20)23-15-21(35-2)10-11-26(23)36-3/h4-12,15-16,18H,13-14H2,1-3H3,(H,31,33,34). The second-order valence-corrected chi connectivity index (χ2v) is 9.23. The summed E-state index contributed by atoms with van der Waals surface area (Å²) in [6.45, 7) is 1.94. The van der Waals surface area contributed by atoms with Crippen LogP contribution in [0.1, 0.15) is 17.5 Å². The average Bonchev–Trinajstić information content (AvgIpc) is 2.94. The van der Waals surface area contributed by atoms with Gasteiger partial charge in [0.15, 0.2) is 0 Å². The van der Waals surface area contributed by atoms with Crippen LogP contribution in [0.15, 0.2) is 78.0 Å². The van der Waals surface area contributed by atoms with Crippen molar-refractivity contribution in [3.63, 3.8) is 0 Å². The molecule has 37 heavy (non-hydrogen) atoms. The second-order valence-electron chi connectivity index (χ2n) is 8.15. The lowest BCUT2D eigenvalue weighted by Crippen LogP contribution is -2.13. The number of nitrogens with zero attached hydrogens (tertiary/aromatic N) is 3. The molecule has 0 unspecified atom stereocenters. The van der Waals surface area contributed by atoms with Crippen LogP contribution in [0.2, 0.25) is 0 Å². The number of benzene rings is 2. The summed E-state index contributed by atoms with van der Waals surface area (Å²) in [5.74, 6) is 2.05. The van der Waals surface area contributed by atoms with Crippen molar-refractivity contribution in [1.29, 1.82) is 5.26 Å². The Bertz CT molecular complexity index is 1430. The fourth-order valence-electron chi connectivity index (χ4n) is 3.72. The summed E-state index contributed by atoms with van der Waals surface area (Å²) in [5, 5.41) is 13.5. The average molecular weight is 511 g/mol. The zero-order valence-corrected chi connectivity index (χ0v) is 21.6. The Labute approximate surface area is 220 Å². The van der Waals surface area contributed by atoms with E-state index in [1.807, 2.05) is 67.6 Å². The van der Waals surface area contributed by atoms with Crippen molar-refractivity contribution >= 4 is 23.5 Å². The maximum Gasteiger partial charge on any atom is 0.226 e. The molecule has 0 aliphatic carbocycles.